The molecule has 0 atom stereocenters. The van der Waals surface area contributed by atoms with Crippen molar-refractivity contribution in [1.82, 2.24) is 9.80 Å². The minimum absolute atomic E-state index is 0.810. The molecule has 0 spiro atoms. The van der Waals surface area contributed by atoms with Crippen LogP contribution in [0.25, 0.3) is 0 Å². The maximum absolute atomic E-state index is 5.56. The van der Waals surface area contributed by atoms with E-state index in [0.717, 1.165) is 44.2 Å². The highest BCUT2D eigenvalue weighted by atomic mass is 16.5. The molecule has 0 amide bonds. The van der Waals surface area contributed by atoms with Crippen LogP contribution in [-0.4, -0.2) is 56.7 Å². The third-order valence-electron chi connectivity index (χ3n) is 5.13. The summed E-state index contributed by atoms with van der Waals surface area (Å²) in [6.07, 6.45) is 2.40. The van der Waals surface area contributed by atoms with Crippen molar-refractivity contribution in [3.05, 3.63) is 59.7 Å². The zero-order valence-corrected chi connectivity index (χ0v) is 16.0. The summed E-state index contributed by atoms with van der Waals surface area (Å²) < 4.78 is 11.0. The predicted molar refractivity (Wildman–Crippen MR) is 106 cm³/mol. The number of benzene rings is 2. The topological polar surface area (TPSA) is 24.9 Å². The zero-order chi connectivity index (χ0) is 18.2. The summed E-state index contributed by atoms with van der Waals surface area (Å²) in [5.41, 5.74) is 2.64. The Morgan fingerprint density at radius 3 is 2.23 bits per heavy atom. The van der Waals surface area contributed by atoms with Crippen molar-refractivity contribution in [1.29, 1.82) is 0 Å². The number of ether oxygens (including phenoxy) is 2. The molecule has 1 aliphatic rings. The summed E-state index contributed by atoms with van der Waals surface area (Å²) in [5, 5.41) is 0. The Kier molecular flexibility index (Phi) is 6.92. The summed E-state index contributed by atoms with van der Waals surface area (Å²) in [7, 11) is 3.40. The average Bonchev–Trinajstić information content (AvgIpc) is 2.70. The van der Waals surface area contributed by atoms with Crippen LogP contribution < -0.4 is 9.47 Å². The van der Waals surface area contributed by atoms with E-state index >= 15 is 0 Å². The van der Waals surface area contributed by atoms with Crippen LogP contribution in [0.1, 0.15) is 17.5 Å². The van der Waals surface area contributed by atoms with Gasteiger partial charge in [0.25, 0.3) is 0 Å². The molecule has 0 radical (unpaired) electrons. The van der Waals surface area contributed by atoms with Gasteiger partial charge in [-0.1, -0.05) is 42.5 Å². The first-order chi connectivity index (χ1) is 12.8. The molecule has 1 heterocycles. The highest BCUT2D eigenvalue weighted by Crippen LogP contribution is 2.31. The van der Waals surface area contributed by atoms with Crippen LogP contribution in [0.2, 0.25) is 0 Å². The SMILES string of the molecule is COc1cccc(CN2CCN(CCCc3ccccc3)CC2)c1OC. The Bertz CT molecular complexity index is 667. The molecule has 1 saturated heterocycles. The third-order valence-corrected chi connectivity index (χ3v) is 5.13. The molecule has 0 aliphatic carbocycles. The summed E-state index contributed by atoms with van der Waals surface area (Å²) in [4.78, 5) is 5.09. The quantitative estimate of drug-likeness (QED) is 0.725. The van der Waals surface area contributed by atoms with E-state index in [4.69, 9.17) is 9.47 Å². The van der Waals surface area contributed by atoms with Gasteiger partial charge in [-0.05, 0) is 31.0 Å². The van der Waals surface area contributed by atoms with E-state index in [1.165, 1.54) is 30.5 Å². The maximum atomic E-state index is 5.56. The van der Waals surface area contributed by atoms with Crippen LogP contribution in [0.4, 0.5) is 0 Å². The molecule has 0 aromatic heterocycles. The van der Waals surface area contributed by atoms with Crippen molar-refractivity contribution in [2.24, 2.45) is 0 Å². The molecule has 4 nitrogen and oxygen atoms in total. The van der Waals surface area contributed by atoms with Crippen molar-refractivity contribution in [3.8, 4) is 11.5 Å². The van der Waals surface area contributed by atoms with Crippen molar-refractivity contribution in [2.75, 3.05) is 46.9 Å². The Morgan fingerprint density at radius 2 is 1.54 bits per heavy atom. The minimum Gasteiger partial charge on any atom is -0.493 e. The van der Waals surface area contributed by atoms with Crippen molar-refractivity contribution in [3.63, 3.8) is 0 Å². The van der Waals surface area contributed by atoms with Crippen LogP contribution in [0, 0.1) is 0 Å². The van der Waals surface area contributed by atoms with Gasteiger partial charge >= 0.3 is 0 Å². The van der Waals surface area contributed by atoms with Gasteiger partial charge in [0.2, 0.25) is 0 Å². The van der Waals surface area contributed by atoms with Crippen LogP contribution in [-0.2, 0) is 13.0 Å². The molecule has 2 aromatic carbocycles. The molecule has 2 aromatic rings. The number of para-hydroxylation sites is 1. The maximum Gasteiger partial charge on any atom is 0.165 e. The van der Waals surface area contributed by atoms with Gasteiger partial charge in [0, 0.05) is 38.3 Å². The second-order valence-electron chi connectivity index (χ2n) is 6.86. The number of methoxy groups -OCH3 is 2. The monoisotopic (exact) mass is 354 g/mol. The average molecular weight is 354 g/mol. The van der Waals surface area contributed by atoms with E-state index in [1.54, 1.807) is 14.2 Å². The predicted octanol–water partition coefficient (Wildman–Crippen LogP) is 3.45. The largest absolute Gasteiger partial charge is 0.493 e. The fourth-order valence-corrected chi connectivity index (χ4v) is 3.64. The number of rotatable bonds is 8. The van der Waals surface area contributed by atoms with E-state index in [9.17, 15) is 0 Å². The molecule has 0 unspecified atom stereocenters. The smallest absolute Gasteiger partial charge is 0.165 e. The standard InChI is InChI=1S/C22H30N2O2/c1-25-21-12-6-11-20(22(21)26-2)18-24-16-14-23(15-17-24)13-7-10-19-8-4-3-5-9-19/h3-6,8-9,11-12H,7,10,13-18H2,1-2H3. The van der Waals surface area contributed by atoms with E-state index in [0.29, 0.717) is 0 Å². The van der Waals surface area contributed by atoms with Gasteiger partial charge in [-0.2, -0.15) is 0 Å². The molecule has 1 fully saturated rings. The summed E-state index contributed by atoms with van der Waals surface area (Å²) in [6.45, 7) is 6.59. The molecular weight excluding hydrogens is 324 g/mol. The van der Waals surface area contributed by atoms with Crippen LogP contribution in [0.15, 0.2) is 48.5 Å². The van der Waals surface area contributed by atoms with Crippen molar-refractivity contribution < 1.29 is 9.47 Å². The molecule has 1 aliphatic heterocycles. The summed E-state index contributed by atoms with van der Waals surface area (Å²) >= 11 is 0. The van der Waals surface area contributed by atoms with E-state index in [1.807, 2.05) is 12.1 Å². The van der Waals surface area contributed by atoms with Crippen LogP contribution in [0.3, 0.4) is 0 Å². The number of hydrogen-bond acceptors (Lipinski definition) is 4. The number of piperazine rings is 1. The van der Waals surface area contributed by atoms with Crippen LogP contribution >= 0.6 is 0 Å². The van der Waals surface area contributed by atoms with Gasteiger partial charge in [0.05, 0.1) is 14.2 Å². The van der Waals surface area contributed by atoms with Crippen LogP contribution in [0.5, 0.6) is 11.5 Å². The summed E-state index contributed by atoms with van der Waals surface area (Å²) in [5.74, 6) is 1.67. The Labute approximate surface area is 157 Å². The molecule has 0 saturated carbocycles. The lowest BCUT2D eigenvalue weighted by molar-refractivity contribution is 0.125. The Morgan fingerprint density at radius 1 is 0.808 bits per heavy atom. The molecule has 0 bridgehead atoms. The highest BCUT2D eigenvalue weighted by molar-refractivity contribution is 5.46. The lowest BCUT2D eigenvalue weighted by atomic mass is 10.1. The van der Waals surface area contributed by atoms with E-state index in [2.05, 4.69) is 46.2 Å². The second-order valence-corrected chi connectivity index (χ2v) is 6.86. The number of aryl methyl sites for hydroxylation is 1. The molecule has 4 heteroatoms. The second kappa shape index (κ2) is 9.60. The first kappa shape index (κ1) is 18.7. The lowest BCUT2D eigenvalue weighted by Crippen LogP contribution is -2.46. The van der Waals surface area contributed by atoms with Gasteiger partial charge < -0.3 is 14.4 Å². The number of hydrogen-bond donors (Lipinski definition) is 0. The Balaban J connectivity index is 1.44. The van der Waals surface area contributed by atoms with E-state index < -0.39 is 0 Å². The van der Waals surface area contributed by atoms with Gasteiger partial charge in [0.15, 0.2) is 11.5 Å². The Hall–Kier alpha value is -2.04. The number of nitrogens with zero attached hydrogens (tertiary/aromatic N) is 2. The highest BCUT2D eigenvalue weighted by Gasteiger charge is 2.19. The zero-order valence-electron chi connectivity index (χ0n) is 16.0. The lowest BCUT2D eigenvalue weighted by Gasteiger charge is -2.35. The van der Waals surface area contributed by atoms with Crippen molar-refractivity contribution in [2.45, 2.75) is 19.4 Å². The van der Waals surface area contributed by atoms with Gasteiger partial charge in [-0.3, -0.25) is 4.90 Å². The first-order valence-corrected chi connectivity index (χ1v) is 9.48. The molecule has 26 heavy (non-hydrogen) atoms. The van der Waals surface area contributed by atoms with Gasteiger partial charge in [-0.25, -0.2) is 0 Å². The fraction of sp³-hybridized carbons (Fsp3) is 0.455. The summed E-state index contributed by atoms with van der Waals surface area (Å²) in [6, 6.07) is 16.9. The normalized spacial score (nSPS) is 15.8. The van der Waals surface area contributed by atoms with Gasteiger partial charge in [-0.15, -0.1) is 0 Å². The van der Waals surface area contributed by atoms with E-state index in [-0.39, 0.29) is 0 Å². The third kappa shape index (κ3) is 4.99. The van der Waals surface area contributed by atoms with Crippen molar-refractivity contribution >= 4 is 0 Å². The minimum atomic E-state index is 0.810. The fourth-order valence-electron chi connectivity index (χ4n) is 3.64. The molecule has 3 rings (SSSR count). The molecule has 140 valence electrons. The molecular formula is C22H30N2O2. The van der Waals surface area contributed by atoms with Gasteiger partial charge in [0.1, 0.15) is 0 Å². The molecule has 0 N–H and O–H groups in total. The first-order valence-electron chi connectivity index (χ1n) is 9.48.